The molecular formula is C16H11FN4S3. The molecule has 0 radical (unpaired) electrons. The van der Waals surface area contributed by atoms with Crippen molar-refractivity contribution in [1.29, 1.82) is 0 Å². The molecule has 0 atom stereocenters. The minimum absolute atomic E-state index is 0.298. The summed E-state index contributed by atoms with van der Waals surface area (Å²) < 4.78 is 15.6. The van der Waals surface area contributed by atoms with Gasteiger partial charge in [0.2, 0.25) is 0 Å². The maximum absolute atomic E-state index is 14.0. The van der Waals surface area contributed by atoms with E-state index in [1.54, 1.807) is 45.4 Å². The molecule has 24 heavy (non-hydrogen) atoms. The van der Waals surface area contributed by atoms with Crippen molar-refractivity contribution in [2.45, 2.75) is 10.9 Å². The highest BCUT2D eigenvalue weighted by Crippen LogP contribution is 2.30. The van der Waals surface area contributed by atoms with Crippen LogP contribution in [0.3, 0.4) is 0 Å². The van der Waals surface area contributed by atoms with Gasteiger partial charge in [-0.25, -0.2) is 9.37 Å². The smallest absolute Gasteiger partial charge is 0.196 e. The summed E-state index contributed by atoms with van der Waals surface area (Å²) in [5.74, 6) is 0.363. The van der Waals surface area contributed by atoms with Crippen molar-refractivity contribution < 1.29 is 4.39 Å². The SMILES string of the molecule is Fc1ccccc1-n1cnnc1SCc1csc(-c2cccs2)n1. The van der Waals surface area contributed by atoms with Gasteiger partial charge in [0, 0.05) is 11.1 Å². The van der Waals surface area contributed by atoms with Gasteiger partial charge in [0.1, 0.15) is 17.2 Å². The first-order valence-electron chi connectivity index (χ1n) is 7.07. The van der Waals surface area contributed by atoms with Gasteiger partial charge in [0.05, 0.1) is 16.3 Å². The van der Waals surface area contributed by atoms with E-state index >= 15 is 0 Å². The molecule has 1 aromatic carbocycles. The van der Waals surface area contributed by atoms with Crippen LogP contribution in [0.1, 0.15) is 5.69 Å². The lowest BCUT2D eigenvalue weighted by atomic mass is 10.3. The van der Waals surface area contributed by atoms with E-state index in [9.17, 15) is 4.39 Å². The van der Waals surface area contributed by atoms with Crippen molar-refractivity contribution in [1.82, 2.24) is 19.7 Å². The second-order valence-electron chi connectivity index (χ2n) is 4.84. The fraction of sp³-hybridized carbons (Fsp3) is 0.0625. The molecule has 0 aliphatic heterocycles. The molecule has 8 heteroatoms. The first kappa shape index (κ1) is 15.5. The first-order chi connectivity index (χ1) is 11.8. The normalized spacial score (nSPS) is 11.0. The maximum Gasteiger partial charge on any atom is 0.196 e. The average Bonchev–Trinajstić information content (AvgIpc) is 3.34. The molecule has 4 aromatic rings. The Bertz CT molecular complexity index is 946. The lowest BCUT2D eigenvalue weighted by Gasteiger charge is -2.06. The third kappa shape index (κ3) is 3.12. The van der Waals surface area contributed by atoms with Crippen molar-refractivity contribution in [2.24, 2.45) is 0 Å². The molecule has 0 unspecified atom stereocenters. The fourth-order valence-corrected chi connectivity index (χ4v) is 4.71. The summed E-state index contributed by atoms with van der Waals surface area (Å²) in [7, 11) is 0. The van der Waals surface area contributed by atoms with E-state index in [0.29, 0.717) is 16.6 Å². The molecule has 120 valence electrons. The number of thiazole rings is 1. The van der Waals surface area contributed by atoms with E-state index in [1.165, 1.54) is 29.0 Å². The number of thiophene rings is 1. The Morgan fingerprint density at radius 3 is 2.88 bits per heavy atom. The molecule has 0 saturated carbocycles. The number of hydrogen-bond donors (Lipinski definition) is 0. The molecule has 0 N–H and O–H groups in total. The van der Waals surface area contributed by atoms with Gasteiger partial charge in [-0.05, 0) is 23.6 Å². The molecule has 0 amide bonds. The number of halogens is 1. The Hall–Kier alpha value is -2.03. The molecule has 0 spiro atoms. The number of nitrogens with zero attached hydrogens (tertiary/aromatic N) is 4. The topological polar surface area (TPSA) is 43.6 Å². The van der Waals surface area contributed by atoms with Gasteiger partial charge in [-0.3, -0.25) is 4.57 Å². The Kier molecular flexibility index (Phi) is 4.42. The van der Waals surface area contributed by atoms with Crippen LogP contribution in [0.4, 0.5) is 4.39 Å². The van der Waals surface area contributed by atoms with E-state index in [-0.39, 0.29) is 5.82 Å². The van der Waals surface area contributed by atoms with Gasteiger partial charge in [0.15, 0.2) is 5.16 Å². The molecule has 3 heterocycles. The minimum atomic E-state index is -0.298. The molecule has 0 aliphatic carbocycles. The highest BCUT2D eigenvalue weighted by atomic mass is 32.2. The summed E-state index contributed by atoms with van der Waals surface area (Å²) in [5, 5.41) is 13.8. The third-order valence-corrected chi connectivity index (χ3v) is 6.17. The molecule has 0 fully saturated rings. The lowest BCUT2D eigenvalue weighted by Crippen LogP contribution is -1.98. The van der Waals surface area contributed by atoms with Crippen molar-refractivity contribution in [3.05, 3.63) is 65.0 Å². The maximum atomic E-state index is 14.0. The van der Waals surface area contributed by atoms with Gasteiger partial charge in [-0.2, -0.15) is 0 Å². The predicted octanol–water partition coefficient (Wildman–Crippen LogP) is 4.88. The second kappa shape index (κ2) is 6.84. The molecule has 3 aromatic heterocycles. The van der Waals surface area contributed by atoms with Crippen LogP contribution in [0, 0.1) is 5.82 Å². The molecule has 0 bridgehead atoms. The van der Waals surface area contributed by atoms with Crippen LogP contribution in [0.5, 0.6) is 0 Å². The summed E-state index contributed by atoms with van der Waals surface area (Å²) in [4.78, 5) is 5.82. The number of aromatic nitrogens is 4. The van der Waals surface area contributed by atoms with Crippen LogP contribution in [0.25, 0.3) is 15.6 Å². The summed E-state index contributed by atoms with van der Waals surface area (Å²) in [5.41, 5.74) is 1.43. The van der Waals surface area contributed by atoms with Gasteiger partial charge >= 0.3 is 0 Å². The van der Waals surface area contributed by atoms with Gasteiger partial charge in [0.25, 0.3) is 0 Å². The van der Waals surface area contributed by atoms with E-state index in [4.69, 9.17) is 0 Å². The Morgan fingerprint density at radius 2 is 2.04 bits per heavy atom. The first-order valence-corrected chi connectivity index (χ1v) is 9.82. The van der Waals surface area contributed by atoms with Crippen LogP contribution in [-0.2, 0) is 5.75 Å². The van der Waals surface area contributed by atoms with Crippen molar-refractivity contribution in [3.63, 3.8) is 0 Å². The number of rotatable bonds is 5. The highest BCUT2D eigenvalue weighted by molar-refractivity contribution is 7.98. The Morgan fingerprint density at radius 1 is 1.12 bits per heavy atom. The Labute approximate surface area is 150 Å². The van der Waals surface area contributed by atoms with Crippen molar-refractivity contribution in [3.8, 4) is 15.6 Å². The van der Waals surface area contributed by atoms with Gasteiger partial charge in [-0.1, -0.05) is 30.0 Å². The number of benzene rings is 1. The lowest BCUT2D eigenvalue weighted by molar-refractivity contribution is 0.613. The molecule has 0 saturated heterocycles. The van der Waals surface area contributed by atoms with E-state index in [2.05, 4.69) is 21.2 Å². The van der Waals surface area contributed by atoms with E-state index in [1.807, 2.05) is 16.8 Å². The van der Waals surface area contributed by atoms with Gasteiger partial charge < -0.3 is 0 Å². The van der Waals surface area contributed by atoms with Gasteiger partial charge in [-0.15, -0.1) is 32.9 Å². The zero-order chi connectivity index (χ0) is 16.4. The summed E-state index contributed by atoms with van der Waals surface area (Å²) in [6.07, 6.45) is 1.53. The quantitative estimate of drug-likeness (QED) is 0.467. The highest BCUT2D eigenvalue weighted by Gasteiger charge is 2.12. The van der Waals surface area contributed by atoms with Crippen LogP contribution < -0.4 is 0 Å². The van der Waals surface area contributed by atoms with Crippen LogP contribution in [0.2, 0.25) is 0 Å². The fourth-order valence-electron chi connectivity index (χ4n) is 2.16. The summed E-state index contributed by atoms with van der Waals surface area (Å²) >= 11 is 4.80. The van der Waals surface area contributed by atoms with Crippen molar-refractivity contribution in [2.75, 3.05) is 0 Å². The zero-order valence-electron chi connectivity index (χ0n) is 12.3. The zero-order valence-corrected chi connectivity index (χ0v) is 14.7. The van der Waals surface area contributed by atoms with Crippen molar-refractivity contribution >= 4 is 34.4 Å². The Balaban J connectivity index is 1.52. The summed E-state index contributed by atoms with van der Waals surface area (Å²) in [6.45, 7) is 0. The van der Waals surface area contributed by atoms with E-state index < -0.39 is 0 Å². The van der Waals surface area contributed by atoms with Crippen LogP contribution in [-0.4, -0.2) is 19.7 Å². The predicted molar refractivity (Wildman–Crippen MR) is 96.3 cm³/mol. The van der Waals surface area contributed by atoms with Crippen LogP contribution >= 0.6 is 34.4 Å². The summed E-state index contributed by atoms with van der Waals surface area (Å²) in [6, 6.07) is 10.7. The number of hydrogen-bond acceptors (Lipinski definition) is 6. The second-order valence-corrected chi connectivity index (χ2v) is 7.59. The molecule has 0 aliphatic rings. The third-order valence-electron chi connectivity index (χ3n) is 3.26. The molecule has 4 nitrogen and oxygen atoms in total. The van der Waals surface area contributed by atoms with E-state index in [0.717, 1.165) is 10.7 Å². The monoisotopic (exact) mass is 374 g/mol. The largest absolute Gasteiger partial charge is 0.274 e. The number of thioether (sulfide) groups is 1. The average molecular weight is 374 g/mol. The van der Waals surface area contributed by atoms with Crippen LogP contribution in [0.15, 0.2) is 58.6 Å². The standard InChI is InChI=1S/C16H11FN4S3/c17-12-4-1-2-5-13(12)21-10-18-20-16(21)24-9-11-8-23-15(19-11)14-6-3-7-22-14/h1-8,10H,9H2. The molecular weight excluding hydrogens is 363 g/mol. The molecule has 4 rings (SSSR count). The number of para-hydroxylation sites is 1. The minimum Gasteiger partial charge on any atom is -0.274 e.